The standard InChI is InChI=1S/C9H15NOS/c1-7(11)12-5-8-4-10-6-9(8)2-3-9/h8,10H,2-6H2,1H3. The summed E-state index contributed by atoms with van der Waals surface area (Å²) < 4.78 is 0. The highest BCUT2D eigenvalue weighted by atomic mass is 32.2. The van der Waals surface area contributed by atoms with Crippen molar-refractivity contribution in [3.8, 4) is 0 Å². The molecule has 2 fully saturated rings. The first-order valence-electron chi connectivity index (χ1n) is 4.57. The van der Waals surface area contributed by atoms with E-state index < -0.39 is 0 Å². The summed E-state index contributed by atoms with van der Waals surface area (Å²) in [4.78, 5) is 10.8. The van der Waals surface area contributed by atoms with Crippen LogP contribution >= 0.6 is 11.8 Å². The summed E-state index contributed by atoms with van der Waals surface area (Å²) in [6.07, 6.45) is 2.76. The molecular formula is C9H15NOS. The van der Waals surface area contributed by atoms with Crippen molar-refractivity contribution >= 4 is 16.9 Å². The summed E-state index contributed by atoms with van der Waals surface area (Å²) in [6, 6.07) is 0. The topological polar surface area (TPSA) is 29.1 Å². The average Bonchev–Trinajstić information content (AvgIpc) is 2.62. The molecule has 2 aliphatic rings. The van der Waals surface area contributed by atoms with E-state index in [4.69, 9.17) is 0 Å². The van der Waals surface area contributed by atoms with Crippen molar-refractivity contribution in [2.75, 3.05) is 18.8 Å². The van der Waals surface area contributed by atoms with Crippen LogP contribution in [0.25, 0.3) is 0 Å². The average molecular weight is 185 g/mol. The molecule has 2 nitrogen and oxygen atoms in total. The number of nitrogens with one attached hydrogen (secondary N) is 1. The Morgan fingerprint density at radius 1 is 1.67 bits per heavy atom. The van der Waals surface area contributed by atoms with Crippen LogP contribution in [-0.4, -0.2) is 24.0 Å². The molecule has 1 N–H and O–H groups in total. The lowest BCUT2D eigenvalue weighted by Crippen LogP contribution is -2.16. The zero-order valence-electron chi connectivity index (χ0n) is 7.43. The van der Waals surface area contributed by atoms with E-state index in [9.17, 15) is 4.79 Å². The summed E-state index contributed by atoms with van der Waals surface area (Å²) in [7, 11) is 0. The van der Waals surface area contributed by atoms with E-state index in [1.165, 1.54) is 31.1 Å². The third-order valence-corrected chi connectivity index (χ3v) is 4.09. The van der Waals surface area contributed by atoms with Crippen molar-refractivity contribution in [2.24, 2.45) is 11.3 Å². The van der Waals surface area contributed by atoms with Crippen LogP contribution < -0.4 is 5.32 Å². The molecule has 0 aromatic heterocycles. The van der Waals surface area contributed by atoms with E-state index in [1.54, 1.807) is 6.92 Å². The second-order valence-corrected chi connectivity index (χ2v) is 5.19. The Hall–Kier alpha value is -0.0200. The number of hydrogen-bond acceptors (Lipinski definition) is 3. The monoisotopic (exact) mass is 185 g/mol. The van der Waals surface area contributed by atoms with Gasteiger partial charge in [0.25, 0.3) is 0 Å². The fourth-order valence-corrected chi connectivity index (χ4v) is 2.96. The van der Waals surface area contributed by atoms with Gasteiger partial charge in [-0.1, -0.05) is 11.8 Å². The molecule has 1 saturated heterocycles. The number of carbonyl (C=O) groups excluding carboxylic acids is 1. The first-order valence-corrected chi connectivity index (χ1v) is 5.56. The first-order chi connectivity index (χ1) is 5.73. The molecule has 12 heavy (non-hydrogen) atoms. The minimum Gasteiger partial charge on any atom is -0.316 e. The Kier molecular flexibility index (Phi) is 2.17. The van der Waals surface area contributed by atoms with Crippen LogP contribution in [0.2, 0.25) is 0 Å². The Bertz CT molecular complexity index is 201. The highest BCUT2D eigenvalue weighted by Gasteiger charge is 2.51. The van der Waals surface area contributed by atoms with Gasteiger partial charge in [-0.3, -0.25) is 4.79 Å². The van der Waals surface area contributed by atoms with Gasteiger partial charge in [0, 0.05) is 19.2 Å². The van der Waals surface area contributed by atoms with Crippen molar-refractivity contribution in [3.05, 3.63) is 0 Å². The maximum atomic E-state index is 10.8. The van der Waals surface area contributed by atoms with Gasteiger partial charge in [-0.05, 0) is 30.7 Å². The molecule has 1 unspecified atom stereocenters. The van der Waals surface area contributed by atoms with Crippen molar-refractivity contribution in [1.29, 1.82) is 0 Å². The Labute approximate surface area is 77.5 Å². The predicted molar refractivity (Wildman–Crippen MR) is 51.2 cm³/mol. The normalized spacial score (nSPS) is 30.9. The van der Waals surface area contributed by atoms with Gasteiger partial charge in [0.1, 0.15) is 0 Å². The summed E-state index contributed by atoms with van der Waals surface area (Å²) in [6.45, 7) is 3.98. The lowest BCUT2D eigenvalue weighted by molar-refractivity contribution is -0.109. The number of carbonyl (C=O) groups is 1. The van der Waals surface area contributed by atoms with Gasteiger partial charge in [0.15, 0.2) is 5.12 Å². The zero-order chi connectivity index (χ0) is 8.60. The van der Waals surface area contributed by atoms with Gasteiger partial charge in [-0.25, -0.2) is 0 Å². The zero-order valence-corrected chi connectivity index (χ0v) is 8.25. The lowest BCUT2D eigenvalue weighted by Gasteiger charge is -2.14. The van der Waals surface area contributed by atoms with Crippen LogP contribution in [0, 0.1) is 11.3 Å². The van der Waals surface area contributed by atoms with Crippen LogP contribution in [0.5, 0.6) is 0 Å². The van der Waals surface area contributed by atoms with Crippen molar-refractivity contribution in [2.45, 2.75) is 19.8 Å². The SMILES string of the molecule is CC(=O)SCC1CNCC12CC2. The quantitative estimate of drug-likeness (QED) is 0.702. The number of thioether (sulfide) groups is 1. The van der Waals surface area contributed by atoms with Gasteiger partial charge in [0.05, 0.1) is 0 Å². The summed E-state index contributed by atoms with van der Waals surface area (Å²) in [5.74, 6) is 1.79. The molecule has 0 radical (unpaired) electrons. The van der Waals surface area contributed by atoms with E-state index in [-0.39, 0.29) is 5.12 Å². The summed E-state index contributed by atoms with van der Waals surface area (Å²) >= 11 is 1.49. The molecule has 1 spiro atoms. The van der Waals surface area contributed by atoms with Crippen molar-refractivity contribution in [3.63, 3.8) is 0 Å². The predicted octanol–water partition coefficient (Wildman–Crippen LogP) is 1.27. The maximum Gasteiger partial charge on any atom is 0.185 e. The van der Waals surface area contributed by atoms with Gasteiger partial charge in [-0.2, -0.15) is 0 Å². The molecule has 0 amide bonds. The fraction of sp³-hybridized carbons (Fsp3) is 0.889. The highest BCUT2D eigenvalue weighted by Crippen LogP contribution is 2.54. The summed E-state index contributed by atoms with van der Waals surface area (Å²) in [5, 5.41) is 3.69. The molecule has 3 heteroatoms. The van der Waals surface area contributed by atoms with Crippen LogP contribution in [0.1, 0.15) is 19.8 Å². The number of rotatable bonds is 2. The van der Waals surface area contributed by atoms with E-state index in [1.807, 2.05) is 0 Å². The molecule has 0 bridgehead atoms. The summed E-state index contributed by atoms with van der Waals surface area (Å²) in [5.41, 5.74) is 0.614. The first kappa shape index (κ1) is 8.57. The second-order valence-electron chi connectivity index (χ2n) is 3.99. The molecule has 1 saturated carbocycles. The molecule has 0 aromatic carbocycles. The van der Waals surface area contributed by atoms with Crippen LogP contribution in [0.4, 0.5) is 0 Å². The molecule has 1 aliphatic heterocycles. The van der Waals surface area contributed by atoms with E-state index >= 15 is 0 Å². The minimum atomic E-state index is 0.262. The third-order valence-electron chi connectivity index (χ3n) is 3.11. The van der Waals surface area contributed by atoms with E-state index in [0.29, 0.717) is 5.41 Å². The Morgan fingerprint density at radius 2 is 2.42 bits per heavy atom. The molecule has 2 rings (SSSR count). The van der Waals surface area contributed by atoms with Crippen molar-refractivity contribution < 1.29 is 4.79 Å². The van der Waals surface area contributed by atoms with Crippen LogP contribution in [-0.2, 0) is 4.79 Å². The molecule has 1 aliphatic carbocycles. The second kappa shape index (κ2) is 3.04. The van der Waals surface area contributed by atoms with Crippen LogP contribution in [0.3, 0.4) is 0 Å². The smallest absolute Gasteiger partial charge is 0.185 e. The molecule has 68 valence electrons. The Morgan fingerprint density at radius 3 is 3.00 bits per heavy atom. The van der Waals surface area contributed by atoms with Gasteiger partial charge in [-0.15, -0.1) is 0 Å². The molecule has 1 atom stereocenters. The minimum absolute atomic E-state index is 0.262. The van der Waals surface area contributed by atoms with E-state index in [0.717, 1.165) is 18.2 Å². The molecule has 1 heterocycles. The van der Waals surface area contributed by atoms with Gasteiger partial charge >= 0.3 is 0 Å². The van der Waals surface area contributed by atoms with Crippen LogP contribution in [0.15, 0.2) is 0 Å². The maximum absolute atomic E-state index is 10.8. The van der Waals surface area contributed by atoms with Gasteiger partial charge < -0.3 is 5.32 Å². The fourth-order valence-electron chi connectivity index (χ4n) is 2.06. The molecule has 0 aromatic rings. The highest BCUT2D eigenvalue weighted by molar-refractivity contribution is 8.13. The lowest BCUT2D eigenvalue weighted by atomic mass is 9.95. The Balaban J connectivity index is 1.83. The van der Waals surface area contributed by atoms with Gasteiger partial charge in [0.2, 0.25) is 0 Å². The van der Waals surface area contributed by atoms with E-state index in [2.05, 4.69) is 5.32 Å². The number of hydrogen-bond donors (Lipinski definition) is 1. The molecular weight excluding hydrogens is 170 g/mol. The third kappa shape index (κ3) is 1.52. The largest absolute Gasteiger partial charge is 0.316 e. The van der Waals surface area contributed by atoms with Crippen molar-refractivity contribution in [1.82, 2.24) is 5.32 Å².